The van der Waals surface area contributed by atoms with Gasteiger partial charge in [-0.25, -0.2) is 4.98 Å². The topological polar surface area (TPSA) is 113 Å². The van der Waals surface area contributed by atoms with Gasteiger partial charge in [0.25, 0.3) is 0 Å². The van der Waals surface area contributed by atoms with Gasteiger partial charge in [0.1, 0.15) is 0 Å². The van der Waals surface area contributed by atoms with E-state index in [-0.39, 0.29) is 24.2 Å². The molecule has 0 radical (unpaired) electrons. The number of aryl methyl sites for hydroxylation is 9. The molecule has 6 aliphatic carbocycles. The average Bonchev–Trinajstić information content (AvgIpc) is 1.79. The van der Waals surface area contributed by atoms with Crippen molar-refractivity contribution in [2.75, 3.05) is 52.9 Å². The smallest absolute Gasteiger partial charge is 0.168 e. The third-order valence-corrected chi connectivity index (χ3v) is 30.7. The van der Waals surface area contributed by atoms with Crippen molar-refractivity contribution in [1.29, 1.82) is 0 Å². The molecule has 1 unspecified atom stereocenters. The molecule has 4 saturated heterocycles. The summed E-state index contributed by atoms with van der Waals surface area (Å²) in [6.45, 7) is 50.7. The van der Waals surface area contributed by atoms with Gasteiger partial charge in [0.05, 0.1) is 84.0 Å². The van der Waals surface area contributed by atoms with E-state index in [0.29, 0.717) is 27.2 Å². The lowest BCUT2D eigenvalue weighted by atomic mass is 9.71. The summed E-state index contributed by atoms with van der Waals surface area (Å²) in [7, 11) is 0. The highest BCUT2D eigenvalue weighted by atomic mass is 32.2. The summed E-state index contributed by atoms with van der Waals surface area (Å²) in [6, 6.07) is 34.6. The molecule has 0 N–H and O–H groups in total. The zero-order chi connectivity index (χ0) is 81.7. The van der Waals surface area contributed by atoms with E-state index in [2.05, 4.69) is 204 Å². The van der Waals surface area contributed by atoms with Gasteiger partial charge in [-0.2, -0.15) is 10.2 Å². The lowest BCUT2D eigenvalue weighted by Gasteiger charge is -2.43. The summed E-state index contributed by atoms with van der Waals surface area (Å²) in [5, 5.41) is 11.6. The number of thioether (sulfide) groups is 2. The Labute approximate surface area is 709 Å². The number of fused-ring (bicyclic) bond motifs is 5. The van der Waals surface area contributed by atoms with E-state index in [1.807, 2.05) is 92.9 Å². The molecule has 630 valence electrons. The Bertz CT molecular complexity index is 3640. The van der Waals surface area contributed by atoms with Gasteiger partial charge < -0.3 is 37.9 Å². The quantitative estimate of drug-likeness (QED) is 0.144. The third-order valence-electron chi connectivity index (χ3n) is 25.1. The molecule has 19 rings (SSSR count). The van der Waals surface area contributed by atoms with Crippen LogP contribution in [0.1, 0.15) is 253 Å². The highest BCUT2D eigenvalue weighted by molar-refractivity contribution is 8.19. The Morgan fingerprint density at radius 2 is 0.711 bits per heavy atom. The molecule has 10 fully saturated rings. The Morgan fingerprint density at radius 1 is 0.333 bits per heavy atom. The van der Waals surface area contributed by atoms with Crippen molar-refractivity contribution in [3.05, 3.63) is 145 Å². The van der Waals surface area contributed by atoms with Crippen LogP contribution in [0.4, 0.5) is 0 Å². The van der Waals surface area contributed by atoms with Crippen molar-refractivity contribution >= 4 is 87.9 Å². The van der Waals surface area contributed by atoms with Gasteiger partial charge in [-0.1, -0.05) is 123 Å². The fourth-order valence-corrected chi connectivity index (χ4v) is 22.9. The molecule has 6 saturated carbocycles. The van der Waals surface area contributed by atoms with Crippen LogP contribution in [-0.4, -0.2) is 96.8 Å². The molecule has 11 aliphatic rings. The summed E-state index contributed by atoms with van der Waals surface area (Å²) < 4.78 is 50.5. The zero-order valence-corrected chi connectivity index (χ0v) is 77.8. The van der Waals surface area contributed by atoms with Crippen molar-refractivity contribution in [3.8, 4) is 0 Å². The van der Waals surface area contributed by atoms with Crippen LogP contribution in [0.25, 0.3) is 30.4 Å². The van der Waals surface area contributed by atoms with Crippen LogP contribution >= 0.6 is 57.5 Å². The summed E-state index contributed by atoms with van der Waals surface area (Å²) >= 11 is 9.41. The Hall–Kier alpha value is -3.85. The lowest BCUT2D eigenvalue weighted by molar-refractivity contribution is -0.296. The van der Waals surface area contributed by atoms with E-state index >= 15 is 0 Å². The lowest BCUT2D eigenvalue weighted by Crippen LogP contribution is -2.45. The van der Waals surface area contributed by atoms with Gasteiger partial charge in [0, 0.05) is 77.3 Å². The standard InChI is InChI=1S/4C11H20O2.2C10H10S.C10H18.C9H9NS.C9H10S2.C6H8N2/c2*1-9-3-5-11(6-4-9)7-12-10(2)13-8-11;2*1-9-3-5-11(6-4-9)12-7-10(2)8-13-11;1-7-3-4-10-9(5-7)6-8(2)11-10;1-7-3-4-9-6-8(2)11-10(9)5-7;1-7-3-9-5-8(2)6-10(9)4-7;1-6-3-4-9-8(5-6)10-7(2)11-9;1-6-3-4-8-9(5-6)11-7(2)10-8;1-5-3-4-6(2)8-7-5/h4*9-10H,3-8H2,1-2H3;2*3-6H,1-2H3;7-10H,3-6H2,1-2H3;3-5H,1-2H3;3-5,7H,1-2H3;3-4H,1-2H3. The van der Waals surface area contributed by atoms with Gasteiger partial charge >= 0.3 is 0 Å². The van der Waals surface area contributed by atoms with Crippen LogP contribution in [-0.2, 0) is 37.9 Å². The van der Waals surface area contributed by atoms with E-state index in [1.165, 1.54) is 169 Å². The van der Waals surface area contributed by atoms with Crippen molar-refractivity contribution in [1.82, 2.24) is 15.2 Å². The van der Waals surface area contributed by atoms with Gasteiger partial charge in [-0.3, -0.25) is 0 Å². The van der Waals surface area contributed by atoms with E-state index in [9.17, 15) is 0 Å². The minimum Gasteiger partial charge on any atom is -0.352 e. The number of benzene rings is 4. The minimum atomic E-state index is -0.182. The number of ether oxygens (including phenoxy) is 8. The van der Waals surface area contributed by atoms with Crippen molar-refractivity contribution in [2.24, 2.45) is 70.0 Å². The largest absolute Gasteiger partial charge is 0.352 e. The number of aromatic nitrogens is 3. The third kappa shape index (κ3) is 29.2. The van der Waals surface area contributed by atoms with Crippen LogP contribution < -0.4 is 0 Å². The predicted molar refractivity (Wildman–Crippen MR) is 485 cm³/mol. The minimum absolute atomic E-state index is 0.0185. The highest BCUT2D eigenvalue weighted by Gasteiger charge is 2.43. The Balaban J connectivity index is 0.000000134. The maximum Gasteiger partial charge on any atom is 0.168 e. The number of thiazole rings is 1. The van der Waals surface area contributed by atoms with E-state index in [1.54, 1.807) is 11.3 Å². The molecule has 4 aromatic heterocycles. The number of rotatable bonds is 0. The maximum absolute atomic E-state index is 5.84. The predicted octanol–water partition coefficient (Wildman–Crippen LogP) is 28.0. The van der Waals surface area contributed by atoms with Crippen molar-refractivity contribution in [3.63, 3.8) is 0 Å². The second-order valence-electron chi connectivity index (χ2n) is 37.1. The summed E-state index contributed by atoms with van der Waals surface area (Å²) in [5.74, 6) is 8.66. The molecule has 0 amide bonds. The molecule has 5 aliphatic heterocycles. The first kappa shape index (κ1) is 92.4. The number of hydrogen-bond donors (Lipinski definition) is 0. The van der Waals surface area contributed by atoms with Gasteiger partial charge in [-0.15, -0.1) is 57.5 Å². The maximum atomic E-state index is 5.84. The van der Waals surface area contributed by atoms with Gasteiger partial charge in [0.2, 0.25) is 0 Å². The molecule has 8 aromatic rings. The molecule has 11 nitrogen and oxygen atoms in total. The van der Waals surface area contributed by atoms with Crippen LogP contribution in [0.2, 0.25) is 0 Å². The normalized spacial score (nSPS) is 31.8. The van der Waals surface area contributed by atoms with Gasteiger partial charge in [-0.05, 0) is 296 Å². The Kier molecular flexibility index (Phi) is 35.8. The average molecular weight is 1650 g/mol. The molecule has 0 bridgehead atoms. The van der Waals surface area contributed by atoms with Crippen molar-refractivity contribution in [2.45, 2.75) is 305 Å². The molecule has 4 spiro atoms. The second-order valence-corrected chi connectivity index (χ2v) is 44.0. The van der Waals surface area contributed by atoms with E-state index in [0.717, 1.165) is 148 Å². The summed E-state index contributed by atoms with van der Waals surface area (Å²) in [4.78, 5) is 10.1. The summed E-state index contributed by atoms with van der Waals surface area (Å²) in [5.41, 5.74) is 9.15. The molecule has 1 atom stereocenters. The highest BCUT2D eigenvalue weighted by Crippen LogP contribution is 2.50. The molecule has 114 heavy (non-hydrogen) atoms. The van der Waals surface area contributed by atoms with Crippen molar-refractivity contribution < 1.29 is 37.9 Å². The first-order valence-corrected chi connectivity index (χ1v) is 48.1. The van der Waals surface area contributed by atoms with E-state index in [4.69, 9.17) is 37.9 Å². The van der Waals surface area contributed by atoms with Crippen LogP contribution in [0.15, 0.2) is 107 Å². The molecule has 16 heteroatoms. The van der Waals surface area contributed by atoms with Crippen LogP contribution in [0.3, 0.4) is 0 Å². The van der Waals surface area contributed by atoms with Crippen LogP contribution in [0, 0.1) is 132 Å². The first-order valence-electron chi connectivity index (χ1n) is 43.9. The first-order chi connectivity index (χ1) is 54.4. The number of hydrogen-bond acceptors (Lipinski definition) is 16. The molecule has 9 heterocycles. The monoisotopic (exact) mass is 1650 g/mol. The molecular formula is C98H145N3O8S5. The molecular weight excluding hydrogens is 1510 g/mol. The Morgan fingerprint density at radius 3 is 1.17 bits per heavy atom. The number of thiophene rings is 2. The van der Waals surface area contributed by atoms with Crippen LogP contribution in [0.5, 0.6) is 0 Å². The van der Waals surface area contributed by atoms with E-state index < -0.39 is 0 Å². The fraction of sp³-hybridized carbons (Fsp3) is 0.663. The molecule has 4 aromatic carbocycles. The van der Waals surface area contributed by atoms with Gasteiger partial charge in [0.15, 0.2) is 24.2 Å². The summed E-state index contributed by atoms with van der Waals surface area (Å²) in [6.07, 6.45) is 26.2. The SMILES string of the molecule is CC1CC2CC(C)CC2C1.CC1CCC2(CC1)COC(C)OC2.CC1CCC2(CC1)COC(C)OC2.CC1CCC2(CC1)OCC(C)CO2.CC1CCC2(CC1)OCC(C)CO2.Cc1ccc(C)nn1.Cc1ccc2c(c1)SC(C)S2.Cc1ccc2cc(C)sc2c1.Cc1ccc2sc(C)cc2c1.Cc1ccc2sc(C)nc2c1. The fourth-order valence-electron chi connectivity index (χ4n) is 17.6. The number of nitrogens with zero attached hydrogens (tertiary/aromatic N) is 3. The zero-order valence-electron chi connectivity index (χ0n) is 73.7. The second kappa shape index (κ2) is 44.1.